The molecule has 2 aromatic heterocycles. The van der Waals surface area contributed by atoms with Crippen molar-refractivity contribution in [3.63, 3.8) is 0 Å². The number of pyridine rings is 1. The van der Waals surface area contributed by atoms with E-state index < -0.39 is 6.61 Å². The molecule has 22 heavy (non-hydrogen) atoms. The molecule has 112 valence electrons. The van der Waals surface area contributed by atoms with E-state index in [1.165, 1.54) is 18.3 Å². The Morgan fingerprint density at radius 2 is 2.05 bits per heavy atom. The van der Waals surface area contributed by atoms with Gasteiger partial charge in [0.25, 0.3) is 5.89 Å². The van der Waals surface area contributed by atoms with Crippen molar-refractivity contribution in [3.05, 3.63) is 47.7 Å². The summed E-state index contributed by atoms with van der Waals surface area (Å²) in [6, 6.07) is 9.38. The lowest BCUT2D eigenvalue weighted by atomic mass is 10.2. The number of hydrogen-bond acceptors (Lipinski definition) is 5. The lowest BCUT2D eigenvalue weighted by molar-refractivity contribution is -0.0498. The highest BCUT2D eigenvalue weighted by molar-refractivity contribution is 6.31. The zero-order valence-electron chi connectivity index (χ0n) is 10.9. The molecule has 0 aliphatic carbocycles. The molecule has 0 aliphatic rings. The maximum atomic E-state index is 12.2. The number of aromatic nitrogens is 3. The first-order chi connectivity index (χ1) is 10.6. The van der Waals surface area contributed by atoms with E-state index in [0.29, 0.717) is 11.1 Å². The van der Waals surface area contributed by atoms with Crippen LogP contribution in [0.15, 0.2) is 47.1 Å². The number of halogens is 3. The van der Waals surface area contributed by atoms with Crippen LogP contribution in [0.1, 0.15) is 0 Å². The first-order valence-corrected chi connectivity index (χ1v) is 6.51. The number of ether oxygens (including phenoxy) is 1. The third-order valence-corrected chi connectivity index (χ3v) is 3.03. The highest BCUT2D eigenvalue weighted by atomic mass is 35.5. The molecule has 0 N–H and O–H groups in total. The van der Waals surface area contributed by atoms with Gasteiger partial charge in [-0.3, -0.25) is 0 Å². The molecular weight excluding hydrogens is 316 g/mol. The van der Waals surface area contributed by atoms with Crippen molar-refractivity contribution in [2.75, 3.05) is 0 Å². The topological polar surface area (TPSA) is 61.0 Å². The zero-order chi connectivity index (χ0) is 15.5. The highest BCUT2D eigenvalue weighted by Gasteiger charge is 2.14. The standard InChI is InChI=1S/C14H8ClF2N3O2/c15-11-10(5-2-6-18-11)13-19-12(20-22-13)8-3-1-4-9(7-8)21-14(16)17/h1-7,14H. The van der Waals surface area contributed by atoms with E-state index in [0.717, 1.165) is 0 Å². The minimum atomic E-state index is -2.90. The van der Waals surface area contributed by atoms with Crippen molar-refractivity contribution < 1.29 is 18.0 Å². The second-order valence-electron chi connectivity index (χ2n) is 4.17. The molecule has 0 spiro atoms. The van der Waals surface area contributed by atoms with Gasteiger partial charge in [0, 0.05) is 11.8 Å². The normalized spacial score (nSPS) is 10.9. The van der Waals surface area contributed by atoms with Crippen LogP contribution >= 0.6 is 11.6 Å². The first-order valence-electron chi connectivity index (χ1n) is 6.13. The molecule has 1 aromatic carbocycles. The van der Waals surface area contributed by atoms with Crippen molar-refractivity contribution in [2.45, 2.75) is 6.61 Å². The van der Waals surface area contributed by atoms with Crippen LogP contribution in [0.5, 0.6) is 5.75 Å². The van der Waals surface area contributed by atoms with Gasteiger partial charge in [0.05, 0.1) is 5.56 Å². The number of hydrogen-bond donors (Lipinski definition) is 0. The maximum absolute atomic E-state index is 12.2. The van der Waals surface area contributed by atoms with Crippen LogP contribution in [-0.4, -0.2) is 21.7 Å². The van der Waals surface area contributed by atoms with Gasteiger partial charge in [0.2, 0.25) is 5.82 Å². The predicted octanol–water partition coefficient (Wildman–Crippen LogP) is 4.05. The molecule has 0 atom stereocenters. The summed E-state index contributed by atoms with van der Waals surface area (Å²) in [4.78, 5) is 8.11. The zero-order valence-corrected chi connectivity index (χ0v) is 11.7. The molecular formula is C14H8ClF2N3O2. The Balaban J connectivity index is 1.93. The van der Waals surface area contributed by atoms with Gasteiger partial charge < -0.3 is 9.26 Å². The van der Waals surface area contributed by atoms with E-state index in [-0.39, 0.29) is 22.6 Å². The smallest absolute Gasteiger partial charge is 0.387 e. The van der Waals surface area contributed by atoms with E-state index in [9.17, 15) is 8.78 Å². The lowest BCUT2D eigenvalue weighted by Gasteiger charge is -2.04. The van der Waals surface area contributed by atoms with Crippen LogP contribution in [0.4, 0.5) is 8.78 Å². The predicted molar refractivity (Wildman–Crippen MR) is 74.6 cm³/mol. The van der Waals surface area contributed by atoms with Gasteiger partial charge in [-0.25, -0.2) is 4.98 Å². The van der Waals surface area contributed by atoms with Gasteiger partial charge in [-0.05, 0) is 24.3 Å². The first kappa shape index (κ1) is 14.4. The van der Waals surface area contributed by atoms with Crippen molar-refractivity contribution in [2.24, 2.45) is 0 Å². The Hall–Kier alpha value is -2.54. The van der Waals surface area contributed by atoms with E-state index >= 15 is 0 Å². The van der Waals surface area contributed by atoms with Gasteiger partial charge in [-0.2, -0.15) is 13.8 Å². The average molecular weight is 324 g/mol. The third-order valence-electron chi connectivity index (χ3n) is 2.73. The van der Waals surface area contributed by atoms with Crippen LogP contribution in [0.25, 0.3) is 22.8 Å². The molecule has 5 nitrogen and oxygen atoms in total. The summed E-state index contributed by atoms with van der Waals surface area (Å²) in [5, 5.41) is 4.04. The van der Waals surface area contributed by atoms with Crippen LogP contribution in [0, 0.1) is 0 Å². The molecule has 0 saturated heterocycles. The van der Waals surface area contributed by atoms with Gasteiger partial charge in [-0.15, -0.1) is 0 Å². The summed E-state index contributed by atoms with van der Waals surface area (Å²) >= 11 is 5.95. The lowest BCUT2D eigenvalue weighted by Crippen LogP contribution is -2.01. The molecule has 0 radical (unpaired) electrons. The SMILES string of the molecule is FC(F)Oc1cccc(-c2noc(-c3cccnc3Cl)n2)c1. The van der Waals surface area contributed by atoms with Gasteiger partial charge in [-0.1, -0.05) is 28.9 Å². The fourth-order valence-electron chi connectivity index (χ4n) is 1.81. The summed E-state index contributed by atoms with van der Waals surface area (Å²) in [7, 11) is 0. The average Bonchev–Trinajstić information content (AvgIpc) is 2.97. The Morgan fingerprint density at radius 1 is 1.18 bits per heavy atom. The molecule has 3 aromatic rings. The monoisotopic (exact) mass is 323 g/mol. The molecule has 0 unspecified atom stereocenters. The fraction of sp³-hybridized carbons (Fsp3) is 0.0714. The van der Waals surface area contributed by atoms with Crippen molar-refractivity contribution in [1.29, 1.82) is 0 Å². The Morgan fingerprint density at radius 3 is 2.82 bits per heavy atom. The van der Waals surface area contributed by atoms with Crippen molar-refractivity contribution >= 4 is 11.6 Å². The van der Waals surface area contributed by atoms with E-state index in [4.69, 9.17) is 16.1 Å². The Kier molecular flexibility index (Phi) is 3.97. The number of alkyl halides is 2. The molecule has 0 fully saturated rings. The summed E-state index contributed by atoms with van der Waals surface area (Å²) in [6.07, 6.45) is 1.54. The van der Waals surface area contributed by atoms with Gasteiger partial charge >= 0.3 is 6.61 Å². The molecule has 8 heteroatoms. The molecule has 0 amide bonds. The number of benzene rings is 1. The quantitative estimate of drug-likeness (QED) is 0.678. The molecule has 2 heterocycles. The minimum Gasteiger partial charge on any atom is -0.435 e. The van der Waals surface area contributed by atoms with E-state index in [2.05, 4.69) is 19.9 Å². The molecule has 0 saturated carbocycles. The van der Waals surface area contributed by atoms with Crippen LogP contribution in [0.2, 0.25) is 5.15 Å². The number of rotatable bonds is 4. The molecule has 3 rings (SSSR count). The molecule has 0 bridgehead atoms. The maximum Gasteiger partial charge on any atom is 0.387 e. The van der Waals surface area contributed by atoms with E-state index in [1.807, 2.05) is 0 Å². The van der Waals surface area contributed by atoms with Gasteiger partial charge in [0.1, 0.15) is 10.9 Å². The second-order valence-corrected chi connectivity index (χ2v) is 4.53. The second kappa shape index (κ2) is 6.07. The summed E-state index contributed by atoms with van der Waals surface area (Å²) < 4.78 is 33.9. The van der Waals surface area contributed by atoms with Crippen LogP contribution in [-0.2, 0) is 0 Å². The van der Waals surface area contributed by atoms with E-state index in [1.54, 1.807) is 24.3 Å². The summed E-state index contributed by atoms with van der Waals surface area (Å²) in [5.74, 6) is 0.432. The third kappa shape index (κ3) is 3.04. The van der Waals surface area contributed by atoms with Crippen molar-refractivity contribution in [1.82, 2.24) is 15.1 Å². The van der Waals surface area contributed by atoms with Crippen LogP contribution in [0.3, 0.4) is 0 Å². The van der Waals surface area contributed by atoms with Gasteiger partial charge in [0.15, 0.2) is 0 Å². The molecule has 0 aliphatic heterocycles. The summed E-state index contributed by atoms with van der Waals surface area (Å²) in [5.41, 5.74) is 0.969. The Bertz CT molecular complexity index is 795. The van der Waals surface area contributed by atoms with Crippen LogP contribution < -0.4 is 4.74 Å². The highest BCUT2D eigenvalue weighted by Crippen LogP contribution is 2.28. The largest absolute Gasteiger partial charge is 0.435 e. The summed E-state index contributed by atoms with van der Waals surface area (Å²) in [6.45, 7) is -2.90. The Labute approximate surface area is 128 Å². The number of nitrogens with zero attached hydrogens (tertiary/aromatic N) is 3. The van der Waals surface area contributed by atoms with Crippen molar-refractivity contribution in [3.8, 4) is 28.6 Å². The fourth-order valence-corrected chi connectivity index (χ4v) is 2.01. The minimum absolute atomic E-state index is 0.0123.